The van der Waals surface area contributed by atoms with Crippen LogP contribution in [0.3, 0.4) is 0 Å². The number of rotatable bonds is 11. The molecule has 0 saturated carbocycles. The van der Waals surface area contributed by atoms with E-state index in [-0.39, 0.29) is 38.0 Å². The van der Waals surface area contributed by atoms with E-state index in [0.717, 1.165) is 5.56 Å². The van der Waals surface area contributed by atoms with Crippen LogP contribution < -0.4 is 5.32 Å². The molecule has 1 aromatic carbocycles. The number of carbonyl (C=O) groups is 2. The summed E-state index contributed by atoms with van der Waals surface area (Å²) in [5.41, 5.74) is 0.203. The molecule has 0 aliphatic carbocycles. The first-order chi connectivity index (χ1) is 12.3. The molecule has 1 aromatic rings. The smallest absolute Gasteiger partial charge is 0.224 e. The second-order valence-corrected chi connectivity index (χ2v) is 6.98. The molecule has 0 heterocycles. The van der Waals surface area contributed by atoms with Crippen LogP contribution in [0.25, 0.3) is 0 Å². The Bertz CT molecular complexity index is 587. The van der Waals surface area contributed by atoms with Crippen molar-refractivity contribution in [3.63, 3.8) is 0 Å². The zero-order valence-electron chi connectivity index (χ0n) is 15.6. The molecule has 3 N–H and O–H groups in total. The van der Waals surface area contributed by atoms with Crippen molar-refractivity contribution in [1.29, 1.82) is 0 Å². The maximum Gasteiger partial charge on any atom is 0.224 e. The molecule has 0 aliphatic rings. The van der Waals surface area contributed by atoms with Crippen LogP contribution in [0.4, 0.5) is 0 Å². The molecular weight excluding hydrogens is 332 g/mol. The molecular formula is C20H30N2O4. The van der Waals surface area contributed by atoms with E-state index in [4.69, 9.17) is 0 Å². The van der Waals surface area contributed by atoms with Gasteiger partial charge in [-0.25, -0.2) is 0 Å². The molecule has 0 radical (unpaired) electrons. The lowest BCUT2D eigenvalue weighted by molar-refractivity contribution is -0.137. The Morgan fingerprint density at radius 2 is 1.92 bits per heavy atom. The van der Waals surface area contributed by atoms with Gasteiger partial charge in [0.05, 0.1) is 24.7 Å². The van der Waals surface area contributed by atoms with Crippen molar-refractivity contribution in [2.45, 2.75) is 38.8 Å². The van der Waals surface area contributed by atoms with Crippen LogP contribution >= 0.6 is 0 Å². The molecule has 144 valence electrons. The number of hydrogen-bond donors (Lipinski definition) is 3. The van der Waals surface area contributed by atoms with Gasteiger partial charge in [0.15, 0.2) is 0 Å². The minimum atomic E-state index is -0.756. The van der Waals surface area contributed by atoms with Crippen molar-refractivity contribution in [1.82, 2.24) is 10.2 Å². The van der Waals surface area contributed by atoms with Crippen molar-refractivity contribution in [2.75, 3.05) is 19.8 Å². The van der Waals surface area contributed by atoms with E-state index >= 15 is 0 Å². The molecule has 6 nitrogen and oxygen atoms in total. The van der Waals surface area contributed by atoms with Crippen molar-refractivity contribution in [3.8, 4) is 0 Å². The lowest BCUT2D eigenvalue weighted by Gasteiger charge is -2.28. The molecule has 0 bridgehead atoms. The Morgan fingerprint density at radius 1 is 1.27 bits per heavy atom. The van der Waals surface area contributed by atoms with Crippen LogP contribution in [-0.4, -0.2) is 52.2 Å². The minimum Gasteiger partial charge on any atom is -0.395 e. The fraction of sp³-hybridized carbons (Fsp3) is 0.500. The largest absolute Gasteiger partial charge is 0.395 e. The zero-order chi connectivity index (χ0) is 19.6. The number of allylic oxidation sites excluding steroid dienone is 1. The van der Waals surface area contributed by atoms with Crippen LogP contribution in [0, 0.1) is 5.92 Å². The number of carbonyl (C=O) groups excluding carboxylic acids is 2. The van der Waals surface area contributed by atoms with Crippen molar-refractivity contribution < 1.29 is 19.8 Å². The lowest BCUT2D eigenvalue weighted by Crippen LogP contribution is -2.49. The average molecular weight is 362 g/mol. The molecule has 0 fully saturated rings. The normalized spacial score (nSPS) is 12.3. The Morgan fingerprint density at radius 3 is 2.46 bits per heavy atom. The Hall–Kier alpha value is -2.18. The van der Waals surface area contributed by atoms with Crippen LogP contribution in [-0.2, 0) is 16.1 Å². The second kappa shape index (κ2) is 10.7. The van der Waals surface area contributed by atoms with Gasteiger partial charge in [-0.3, -0.25) is 9.59 Å². The number of aliphatic hydroxyl groups is 2. The summed E-state index contributed by atoms with van der Waals surface area (Å²) in [4.78, 5) is 26.8. The van der Waals surface area contributed by atoms with Crippen LogP contribution in [0.15, 0.2) is 43.0 Å². The fourth-order valence-corrected chi connectivity index (χ4v) is 2.52. The quantitative estimate of drug-likeness (QED) is 0.520. The van der Waals surface area contributed by atoms with Gasteiger partial charge in [-0.1, -0.05) is 36.4 Å². The first-order valence-corrected chi connectivity index (χ1v) is 8.79. The van der Waals surface area contributed by atoms with Gasteiger partial charge in [-0.15, -0.1) is 6.58 Å². The molecule has 26 heavy (non-hydrogen) atoms. The number of benzene rings is 1. The number of nitrogens with zero attached hydrogens (tertiary/aromatic N) is 1. The Labute approximate surface area is 155 Å². The van der Waals surface area contributed by atoms with E-state index in [0.29, 0.717) is 13.0 Å². The van der Waals surface area contributed by atoms with Crippen LogP contribution in [0.1, 0.15) is 32.3 Å². The van der Waals surface area contributed by atoms with Gasteiger partial charge in [0.25, 0.3) is 0 Å². The number of nitrogens with one attached hydrogen (secondary N) is 1. The molecule has 1 unspecified atom stereocenters. The Kier molecular flexibility index (Phi) is 9.02. The standard InChI is InChI=1S/C20H30N2O4/c1-4-8-17(19(26)21-20(2,3)15-24)13-18(25)22(11-12-23)14-16-9-6-5-7-10-16/h4-7,9-10,17,23-24H,1,8,11-15H2,2-3H3,(H,21,26). The van der Waals surface area contributed by atoms with Gasteiger partial charge in [0.1, 0.15) is 0 Å². The summed E-state index contributed by atoms with van der Waals surface area (Å²) in [6.45, 7) is 7.33. The highest BCUT2D eigenvalue weighted by atomic mass is 16.3. The van der Waals surface area contributed by atoms with E-state index in [2.05, 4.69) is 11.9 Å². The maximum absolute atomic E-state index is 12.7. The summed E-state index contributed by atoms with van der Waals surface area (Å²) < 4.78 is 0. The van der Waals surface area contributed by atoms with Gasteiger partial charge in [0.2, 0.25) is 11.8 Å². The van der Waals surface area contributed by atoms with E-state index in [1.807, 2.05) is 30.3 Å². The molecule has 1 atom stereocenters. The summed E-state index contributed by atoms with van der Waals surface area (Å²) in [5, 5.41) is 21.4. The molecule has 0 saturated heterocycles. The number of hydrogen-bond acceptors (Lipinski definition) is 4. The number of amides is 2. The van der Waals surface area contributed by atoms with E-state index in [1.165, 1.54) is 0 Å². The maximum atomic E-state index is 12.7. The Balaban J connectivity index is 2.81. The average Bonchev–Trinajstić information content (AvgIpc) is 2.61. The summed E-state index contributed by atoms with van der Waals surface area (Å²) in [5.74, 6) is -1.06. The molecule has 0 aromatic heterocycles. The monoisotopic (exact) mass is 362 g/mol. The summed E-state index contributed by atoms with van der Waals surface area (Å²) in [7, 11) is 0. The van der Waals surface area contributed by atoms with Gasteiger partial charge < -0.3 is 20.4 Å². The number of aliphatic hydroxyl groups excluding tert-OH is 2. The zero-order valence-corrected chi connectivity index (χ0v) is 15.6. The lowest BCUT2D eigenvalue weighted by atomic mass is 9.97. The van der Waals surface area contributed by atoms with Gasteiger partial charge in [-0.05, 0) is 25.8 Å². The van der Waals surface area contributed by atoms with Gasteiger partial charge >= 0.3 is 0 Å². The highest BCUT2D eigenvalue weighted by Crippen LogP contribution is 2.16. The van der Waals surface area contributed by atoms with Gasteiger partial charge in [-0.2, -0.15) is 0 Å². The first-order valence-electron chi connectivity index (χ1n) is 8.79. The van der Waals surface area contributed by atoms with Crippen molar-refractivity contribution in [2.24, 2.45) is 5.92 Å². The second-order valence-electron chi connectivity index (χ2n) is 6.98. The predicted octanol–water partition coefficient (Wildman–Crippen LogP) is 1.48. The third kappa shape index (κ3) is 7.37. The molecule has 2 amide bonds. The minimum absolute atomic E-state index is 0.0200. The fourth-order valence-electron chi connectivity index (χ4n) is 2.52. The van der Waals surface area contributed by atoms with E-state index in [1.54, 1.807) is 24.8 Å². The predicted molar refractivity (Wildman–Crippen MR) is 101 cm³/mol. The third-order valence-corrected chi connectivity index (χ3v) is 4.04. The molecule has 0 aliphatic heterocycles. The van der Waals surface area contributed by atoms with E-state index < -0.39 is 11.5 Å². The first kappa shape index (κ1) is 21.9. The summed E-state index contributed by atoms with van der Waals surface area (Å²) >= 11 is 0. The van der Waals surface area contributed by atoms with Gasteiger partial charge in [0, 0.05) is 19.5 Å². The highest BCUT2D eigenvalue weighted by Gasteiger charge is 2.28. The summed E-state index contributed by atoms with van der Waals surface area (Å²) in [6, 6.07) is 9.50. The summed E-state index contributed by atoms with van der Waals surface area (Å²) in [6.07, 6.45) is 1.99. The van der Waals surface area contributed by atoms with E-state index in [9.17, 15) is 19.8 Å². The SMILES string of the molecule is C=CCC(CC(=O)N(CCO)Cc1ccccc1)C(=O)NC(C)(C)CO. The molecule has 6 heteroatoms. The van der Waals surface area contributed by atoms with Crippen LogP contribution in [0.5, 0.6) is 0 Å². The topological polar surface area (TPSA) is 89.9 Å². The third-order valence-electron chi connectivity index (χ3n) is 4.04. The van der Waals surface area contributed by atoms with Crippen molar-refractivity contribution in [3.05, 3.63) is 48.6 Å². The molecule has 0 spiro atoms. The van der Waals surface area contributed by atoms with Crippen molar-refractivity contribution >= 4 is 11.8 Å². The van der Waals surface area contributed by atoms with Crippen LogP contribution in [0.2, 0.25) is 0 Å². The highest BCUT2D eigenvalue weighted by molar-refractivity contribution is 5.86. The molecule has 1 rings (SSSR count).